The number of hydrogen-bond donors (Lipinski definition) is 1. The molecule has 1 aromatic heterocycles. The van der Waals surface area contributed by atoms with Crippen molar-refractivity contribution in [2.75, 3.05) is 19.7 Å². The summed E-state index contributed by atoms with van der Waals surface area (Å²) < 4.78 is 5.78. The van der Waals surface area contributed by atoms with Gasteiger partial charge in [-0.2, -0.15) is 0 Å². The number of nitrogens with one attached hydrogen (secondary N) is 1. The average molecular weight is 305 g/mol. The van der Waals surface area contributed by atoms with Crippen molar-refractivity contribution in [3.8, 4) is 0 Å². The zero-order valence-corrected chi connectivity index (χ0v) is 12.9. The first-order valence-electron chi connectivity index (χ1n) is 8.00. The standard InChI is InChI=1S/C19H19N3O/c1-2-4-17-16(3-1)12-21-19(22-17)11-14-5-7-15(8-6-14)18-13-20-9-10-23-18/h1-8,12,18,20H,9-11,13H2/t18-/m0/s1. The molecule has 4 nitrogen and oxygen atoms in total. The molecule has 1 saturated heterocycles. The fraction of sp³-hybridized carbons (Fsp3) is 0.263. The number of ether oxygens (including phenoxy) is 1. The monoisotopic (exact) mass is 305 g/mol. The third-order valence-electron chi connectivity index (χ3n) is 4.18. The Hall–Kier alpha value is -2.30. The summed E-state index contributed by atoms with van der Waals surface area (Å²) in [5.74, 6) is 0.854. The third kappa shape index (κ3) is 3.23. The molecule has 1 N–H and O–H groups in total. The molecule has 1 fully saturated rings. The molecule has 0 radical (unpaired) electrons. The van der Waals surface area contributed by atoms with Crippen LogP contribution in [0.1, 0.15) is 23.1 Å². The smallest absolute Gasteiger partial charge is 0.133 e. The molecule has 23 heavy (non-hydrogen) atoms. The molecule has 0 amide bonds. The van der Waals surface area contributed by atoms with Crippen LogP contribution in [0.3, 0.4) is 0 Å². The zero-order chi connectivity index (χ0) is 15.5. The molecule has 4 rings (SSSR count). The SMILES string of the molecule is c1ccc2nc(Cc3ccc([C@@H]4CNCCO4)cc3)ncc2c1. The van der Waals surface area contributed by atoms with Crippen molar-refractivity contribution >= 4 is 10.9 Å². The first-order valence-corrected chi connectivity index (χ1v) is 8.00. The summed E-state index contributed by atoms with van der Waals surface area (Å²) in [6.07, 6.45) is 2.80. The van der Waals surface area contributed by atoms with E-state index < -0.39 is 0 Å². The van der Waals surface area contributed by atoms with Crippen LogP contribution in [-0.4, -0.2) is 29.7 Å². The maximum Gasteiger partial charge on any atom is 0.133 e. The molecule has 3 aromatic rings. The summed E-state index contributed by atoms with van der Waals surface area (Å²) in [7, 11) is 0. The van der Waals surface area contributed by atoms with E-state index in [1.807, 2.05) is 30.5 Å². The fourth-order valence-corrected chi connectivity index (χ4v) is 2.91. The van der Waals surface area contributed by atoms with Crippen molar-refractivity contribution in [1.82, 2.24) is 15.3 Å². The average Bonchev–Trinajstić information content (AvgIpc) is 2.63. The van der Waals surface area contributed by atoms with Crippen molar-refractivity contribution in [2.45, 2.75) is 12.5 Å². The number of morpholine rings is 1. The van der Waals surface area contributed by atoms with Gasteiger partial charge in [-0.05, 0) is 17.2 Å². The number of para-hydroxylation sites is 1. The largest absolute Gasteiger partial charge is 0.371 e. The van der Waals surface area contributed by atoms with Crippen LogP contribution in [0.2, 0.25) is 0 Å². The molecule has 1 aliphatic rings. The van der Waals surface area contributed by atoms with Crippen LogP contribution in [0.25, 0.3) is 10.9 Å². The zero-order valence-electron chi connectivity index (χ0n) is 12.9. The molecule has 0 bridgehead atoms. The molecule has 116 valence electrons. The fourth-order valence-electron chi connectivity index (χ4n) is 2.91. The number of hydrogen-bond acceptors (Lipinski definition) is 4. The van der Waals surface area contributed by atoms with Crippen molar-refractivity contribution in [2.24, 2.45) is 0 Å². The van der Waals surface area contributed by atoms with Crippen LogP contribution in [0.5, 0.6) is 0 Å². The molecule has 1 atom stereocenters. The summed E-state index contributed by atoms with van der Waals surface area (Å²) in [6, 6.07) is 16.7. The first kappa shape index (κ1) is 14.3. The lowest BCUT2D eigenvalue weighted by molar-refractivity contribution is 0.0277. The molecule has 2 heterocycles. The van der Waals surface area contributed by atoms with Gasteiger partial charge in [-0.15, -0.1) is 0 Å². The van der Waals surface area contributed by atoms with E-state index in [4.69, 9.17) is 4.74 Å². The molecule has 4 heteroatoms. The highest BCUT2D eigenvalue weighted by molar-refractivity contribution is 5.77. The minimum atomic E-state index is 0.162. The lowest BCUT2D eigenvalue weighted by Crippen LogP contribution is -2.33. The first-order chi connectivity index (χ1) is 11.4. The third-order valence-corrected chi connectivity index (χ3v) is 4.18. The highest BCUT2D eigenvalue weighted by Gasteiger charge is 2.15. The van der Waals surface area contributed by atoms with Gasteiger partial charge in [0.2, 0.25) is 0 Å². The van der Waals surface area contributed by atoms with Gasteiger partial charge in [-0.3, -0.25) is 0 Å². The van der Waals surface area contributed by atoms with E-state index in [1.54, 1.807) is 0 Å². The van der Waals surface area contributed by atoms with Gasteiger partial charge in [0.25, 0.3) is 0 Å². The van der Waals surface area contributed by atoms with E-state index in [9.17, 15) is 0 Å². The topological polar surface area (TPSA) is 47.0 Å². The molecule has 1 aliphatic heterocycles. The van der Waals surface area contributed by atoms with Crippen LogP contribution in [0.15, 0.2) is 54.7 Å². The Labute approximate surface area is 135 Å². The molecule has 0 unspecified atom stereocenters. The van der Waals surface area contributed by atoms with Crippen LogP contribution in [0.4, 0.5) is 0 Å². The Bertz CT molecular complexity index is 795. The van der Waals surface area contributed by atoms with E-state index in [0.717, 1.165) is 42.8 Å². The second-order valence-electron chi connectivity index (χ2n) is 5.83. The van der Waals surface area contributed by atoms with E-state index in [1.165, 1.54) is 11.1 Å². The van der Waals surface area contributed by atoms with Gasteiger partial charge in [0.15, 0.2) is 0 Å². The number of benzene rings is 2. The van der Waals surface area contributed by atoms with Gasteiger partial charge in [-0.25, -0.2) is 9.97 Å². The molecule has 0 spiro atoms. The van der Waals surface area contributed by atoms with Crippen molar-refractivity contribution < 1.29 is 4.74 Å². The van der Waals surface area contributed by atoms with Crippen LogP contribution >= 0.6 is 0 Å². The minimum absolute atomic E-state index is 0.162. The predicted molar refractivity (Wildman–Crippen MR) is 90.3 cm³/mol. The molecule has 0 aliphatic carbocycles. The maximum absolute atomic E-state index is 5.78. The summed E-state index contributed by atoms with van der Waals surface area (Å²) in [5.41, 5.74) is 3.43. The van der Waals surface area contributed by atoms with Crippen molar-refractivity contribution in [3.63, 3.8) is 0 Å². The molecular weight excluding hydrogens is 286 g/mol. The highest BCUT2D eigenvalue weighted by atomic mass is 16.5. The van der Waals surface area contributed by atoms with Crippen LogP contribution in [-0.2, 0) is 11.2 Å². The molecular formula is C19H19N3O. The normalized spacial score (nSPS) is 18.2. The van der Waals surface area contributed by atoms with Gasteiger partial charge in [0.1, 0.15) is 5.82 Å². The van der Waals surface area contributed by atoms with Crippen LogP contribution in [0, 0.1) is 0 Å². The highest BCUT2D eigenvalue weighted by Crippen LogP contribution is 2.20. The summed E-state index contributed by atoms with van der Waals surface area (Å²) in [6.45, 7) is 2.60. The quantitative estimate of drug-likeness (QED) is 0.808. The second-order valence-corrected chi connectivity index (χ2v) is 5.83. The number of fused-ring (bicyclic) bond motifs is 1. The number of nitrogens with zero attached hydrogens (tertiary/aromatic N) is 2. The van der Waals surface area contributed by atoms with Gasteiger partial charge >= 0.3 is 0 Å². The molecule has 0 saturated carbocycles. The Morgan fingerprint density at radius 2 is 1.96 bits per heavy atom. The Morgan fingerprint density at radius 1 is 1.09 bits per heavy atom. The van der Waals surface area contributed by atoms with Crippen molar-refractivity contribution in [3.05, 3.63) is 71.7 Å². The van der Waals surface area contributed by atoms with Gasteiger partial charge in [0.05, 0.1) is 18.2 Å². The van der Waals surface area contributed by atoms with Crippen LogP contribution < -0.4 is 5.32 Å². The van der Waals surface area contributed by atoms with Gasteiger partial charge in [0, 0.05) is 31.1 Å². The van der Waals surface area contributed by atoms with Gasteiger partial charge in [-0.1, -0.05) is 42.5 Å². The Kier molecular flexibility index (Phi) is 4.01. The van der Waals surface area contributed by atoms with E-state index in [-0.39, 0.29) is 6.10 Å². The van der Waals surface area contributed by atoms with E-state index >= 15 is 0 Å². The lowest BCUT2D eigenvalue weighted by Gasteiger charge is -2.24. The number of rotatable bonds is 3. The second kappa shape index (κ2) is 6.44. The lowest BCUT2D eigenvalue weighted by atomic mass is 10.0. The Balaban J connectivity index is 1.51. The summed E-state index contributed by atoms with van der Waals surface area (Å²) in [5, 5.41) is 4.44. The maximum atomic E-state index is 5.78. The Morgan fingerprint density at radius 3 is 2.78 bits per heavy atom. The van der Waals surface area contributed by atoms with E-state index in [2.05, 4.69) is 39.6 Å². The minimum Gasteiger partial charge on any atom is -0.371 e. The number of aromatic nitrogens is 2. The predicted octanol–water partition coefficient (Wildman–Crippen LogP) is 2.88. The summed E-state index contributed by atoms with van der Waals surface area (Å²) >= 11 is 0. The van der Waals surface area contributed by atoms with Gasteiger partial charge < -0.3 is 10.1 Å². The molecule has 2 aromatic carbocycles. The van der Waals surface area contributed by atoms with E-state index in [0.29, 0.717) is 0 Å². The summed E-state index contributed by atoms with van der Waals surface area (Å²) in [4.78, 5) is 9.11. The van der Waals surface area contributed by atoms with Crippen molar-refractivity contribution in [1.29, 1.82) is 0 Å².